The van der Waals surface area contributed by atoms with Gasteiger partial charge in [-0.15, -0.1) is 23.1 Å². The lowest BCUT2D eigenvalue weighted by molar-refractivity contribution is -0.161. The number of rotatable bonds is 7. The number of nitrogens with one attached hydrogen (secondary N) is 1. The van der Waals surface area contributed by atoms with E-state index in [-0.39, 0.29) is 23.6 Å². The van der Waals surface area contributed by atoms with Crippen molar-refractivity contribution >= 4 is 40.9 Å². The van der Waals surface area contributed by atoms with Crippen molar-refractivity contribution in [1.82, 2.24) is 10.2 Å². The fourth-order valence-electron chi connectivity index (χ4n) is 3.19. The first kappa shape index (κ1) is 18.0. The van der Waals surface area contributed by atoms with E-state index in [0.29, 0.717) is 28.5 Å². The summed E-state index contributed by atoms with van der Waals surface area (Å²) in [5.41, 5.74) is 0.0153. The van der Waals surface area contributed by atoms with Crippen LogP contribution in [0.2, 0.25) is 0 Å². The molecule has 3 N–H and O–H groups in total. The van der Waals surface area contributed by atoms with Gasteiger partial charge in [-0.3, -0.25) is 9.59 Å². The molecule has 0 radical (unpaired) electrons. The number of carbonyl (C=O) groups excluding carboxylic acids is 2. The predicted molar refractivity (Wildman–Crippen MR) is 94.2 cm³/mol. The van der Waals surface area contributed by atoms with Gasteiger partial charge in [0.2, 0.25) is 5.91 Å². The standard InChI is InChI=1S/C16H18N2O5S2/c1-8(19)12-9-7-11(13(16(22)23)18(9)15(12)21)25-6-4-17-14(20)10-3-2-5-24-10/h2-3,5,8-9,12,19H,4,6-7H2,1H3,(H,17,20)(H,22,23)/t8-,9+,12+/m0/s1. The second-order valence-electron chi connectivity index (χ2n) is 5.90. The van der Waals surface area contributed by atoms with Crippen LogP contribution in [0, 0.1) is 5.92 Å². The molecule has 7 nitrogen and oxygen atoms in total. The molecule has 1 saturated heterocycles. The van der Waals surface area contributed by atoms with Gasteiger partial charge in [0, 0.05) is 23.6 Å². The Balaban J connectivity index is 1.57. The van der Waals surface area contributed by atoms with E-state index in [2.05, 4.69) is 5.32 Å². The maximum Gasteiger partial charge on any atom is 0.353 e. The molecule has 3 atom stereocenters. The highest BCUT2D eigenvalue weighted by molar-refractivity contribution is 8.03. The number of amides is 2. The quantitative estimate of drug-likeness (QED) is 0.482. The van der Waals surface area contributed by atoms with Crippen molar-refractivity contribution in [1.29, 1.82) is 0 Å². The zero-order valence-corrected chi connectivity index (χ0v) is 15.1. The highest BCUT2D eigenvalue weighted by Gasteiger charge is 2.56. The topological polar surface area (TPSA) is 107 Å². The lowest BCUT2D eigenvalue weighted by Gasteiger charge is -2.44. The molecule has 0 aliphatic carbocycles. The van der Waals surface area contributed by atoms with Crippen LogP contribution in [-0.4, -0.2) is 57.3 Å². The second kappa shape index (κ2) is 7.19. The van der Waals surface area contributed by atoms with Gasteiger partial charge < -0.3 is 20.4 Å². The summed E-state index contributed by atoms with van der Waals surface area (Å²) in [4.78, 5) is 38.0. The van der Waals surface area contributed by atoms with Crippen molar-refractivity contribution in [3.8, 4) is 0 Å². The number of aliphatic hydroxyl groups excluding tert-OH is 1. The number of carboxylic acids is 1. The van der Waals surface area contributed by atoms with E-state index >= 15 is 0 Å². The highest BCUT2D eigenvalue weighted by atomic mass is 32.2. The molecular weight excluding hydrogens is 364 g/mol. The summed E-state index contributed by atoms with van der Waals surface area (Å²) < 4.78 is 0. The van der Waals surface area contributed by atoms with E-state index in [4.69, 9.17) is 0 Å². The Kier molecular flexibility index (Phi) is 5.16. The lowest BCUT2D eigenvalue weighted by atomic mass is 9.83. The Hall–Kier alpha value is -1.84. The Morgan fingerprint density at radius 3 is 2.88 bits per heavy atom. The number of hydrogen-bond donors (Lipinski definition) is 3. The third-order valence-electron chi connectivity index (χ3n) is 4.30. The van der Waals surface area contributed by atoms with Gasteiger partial charge in [-0.05, 0) is 18.4 Å². The molecule has 1 fully saturated rings. The van der Waals surface area contributed by atoms with Gasteiger partial charge >= 0.3 is 5.97 Å². The van der Waals surface area contributed by atoms with Crippen molar-refractivity contribution in [2.75, 3.05) is 12.3 Å². The molecule has 0 saturated carbocycles. The number of β-lactam (4-membered cyclic amide) rings is 1. The largest absolute Gasteiger partial charge is 0.477 e. The zero-order chi connectivity index (χ0) is 18.1. The average molecular weight is 382 g/mol. The van der Waals surface area contributed by atoms with Crippen LogP contribution in [0.25, 0.3) is 0 Å². The number of hydrogen-bond acceptors (Lipinski definition) is 6. The van der Waals surface area contributed by atoms with Gasteiger partial charge in [0.25, 0.3) is 5.91 Å². The van der Waals surface area contributed by atoms with Crippen molar-refractivity contribution in [2.45, 2.75) is 25.5 Å². The molecule has 0 spiro atoms. The van der Waals surface area contributed by atoms with E-state index in [1.54, 1.807) is 19.1 Å². The molecule has 2 aliphatic heterocycles. The molecule has 1 aromatic rings. The predicted octanol–water partition coefficient (Wildman–Crippen LogP) is 1.12. The van der Waals surface area contributed by atoms with Crippen LogP contribution in [0.4, 0.5) is 0 Å². The van der Waals surface area contributed by atoms with Crippen LogP contribution in [-0.2, 0) is 9.59 Å². The smallest absolute Gasteiger partial charge is 0.353 e. The van der Waals surface area contributed by atoms with Crippen molar-refractivity contribution in [2.24, 2.45) is 5.92 Å². The van der Waals surface area contributed by atoms with Crippen LogP contribution >= 0.6 is 23.1 Å². The minimum atomic E-state index is -1.13. The van der Waals surface area contributed by atoms with Gasteiger partial charge in [0.1, 0.15) is 5.70 Å². The molecule has 3 heterocycles. The van der Waals surface area contributed by atoms with Crippen molar-refractivity contribution in [3.05, 3.63) is 33.0 Å². The summed E-state index contributed by atoms with van der Waals surface area (Å²) in [6, 6.07) is 3.26. The summed E-state index contributed by atoms with van der Waals surface area (Å²) in [6.45, 7) is 1.95. The van der Waals surface area contributed by atoms with Gasteiger partial charge in [-0.25, -0.2) is 4.79 Å². The number of carboxylic acid groups (broad SMARTS) is 1. The summed E-state index contributed by atoms with van der Waals surface area (Å²) in [7, 11) is 0. The molecule has 9 heteroatoms. The molecule has 0 aromatic carbocycles. The fourth-order valence-corrected chi connectivity index (χ4v) is 4.90. The molecular formula is C16H18N2O5S2. The first-order valence-corrected chi connectivity index (χ1v) is 9.70. The summed E-state index contributed by atoms with van der Waals surface area (Å²) in [6.07, 6.45) is -0.356. The molecule has 134 valence electrons. The van der Waals surface area contributed by atoms with Crippen LogP contribution in [0.3, 0.4) is 0 Å². The number of fused-ring (bicyclic) bond motifs is 1. The average Bonchev–Trinajstić information content (AvgIpc) is 3.17. The highest BCUT2D eigenvalue weighted by Crippen LogP contribution is 2.46. The van der Waals surface area contributed by atoms with E-state index < -0.39 is 18.0 Å². The maximum absolute atomic E-state index is 12.1. The summed E-state index contributed by atoms with van der Waals surface area (Å²) >= 11 is 2.69. The molecule has 2 amide bonds. The van der Waals surface area contributed by atoms with Crippen LogP contribution < -0.4 is 5.32 Å². The van der Waals surface area contributed by atoms with Crippen molar-refractivity contribution < 1.29 is 24.6 Å². The third kappa shape index (κ3) is 3.31. The number of aliphatic carboxylic acids is 1. The SMILES string of the molecule is C[C@H](O)[C@H]1C(=O)N2C(C(=O)O)=C(SCCNC(=O)c3cccs3)C[C@H]12. The number of aliphatic hydroxyl groups is 1. The maximum atomic E-state index is 12.1. The third-order valence-corrected chi connectivity index (χ3v) is 6.28. The molecule has 2 aliphatic rings. The van der Waals surface area contributed by atoms with Crippen LogP contribution in [0.15, 0.2) is 28.1 Å². The van der Waals surface area contributed by atoms with Gasteiger partial charge in [0.15, 0.2) is 0 Å². The Morgan fingerprint density at radius 1 is 1.52 bits per heavy atom. The Morgan fingerprint density at radius 2 is 2.28 bits per heavy atom. The lowest BCUT2D eigenvalue weighted by Crippen LogP contribution is -2.61. The minimum Gasteiger partial charge on any atom is -0.477 e. The first-order valence-electron chi connectivity index (χ1n) is 7.84. The zero-order valence-electron chi connectivity index (χ0n) is 13.5. The Bertz CT molecular complexity index is 729. The van der Waals surface area contributed by atoms with Crippen molar-refractivity contribution in [3.63, 3.8) is 0 Å². The second-order valence-corrected chi connectivity index (χ2v) is 8.04. The number of thioether (sulfide) groups is 1. The van der Waals surface area contributed by atoms with Crippen LogP contribution in [0.5, 0.6) is 0 Å². The minimum absolute atomic E-state index is 0.0153. The monoisotopic (exact) mass is 382 g/mol. The Labute approximate surface area is 152 Å². The van der Waals surface area contributed by atoms with E-state index in [0.717, 1.165) is 0 Å². The molecule has 3 rings (SSSR count). The summed E-state index contributed by atoms with van der Waals surface area (Å²) in [5, 5.41) is 23.7. The number of nitrogens with zero attached hydrogens (tertiary/aromatic N) is 1. The molecule has 25 heavy (non-hydrogen) atoms. The van der Waals surface area contributed by atoms with Gasteiger partial charge in [-0.1, -0.05) is 6.07 Å². The fraction of sp³-hybridized carbons (Fsp3) is 0.438. The number of thiophene rings is 1. The molecule has 0 unspecified atom stereocenters. The van der Waals surface area contributed by atoms with Gasteiger partial charge in [0.05, 0.1) is 22.9 Å². The van der Waals surface area contributed by atoms with E-state index in [1.807, 2.05) is 5.38 Å². The summed E-state index contributed by atoms with van der Waals surface area (Å²) in [5.74, 6) is -1.64. The first-order chi connectivity index (χ1) is 11.9. The normalized spacial score (nSPS) is 23.3. The van der Waals surface area contributed by atoms with Crippen LogP contribution in [0.1, 0.15) is 23.0 Å². The van der Waals surface area contributed by atoms with Gasteiger partial charge in [-0.2, -0.15) is 0 Å². The van der Waals surface area contributed by atoms with E-state index in [9.17, 15) is 24.6 Å². The van der Waals surface area contributed by atoms with E-state index in [1.165, 1.54) is 28.0 Å². The molecule has 0 bridgehead atoms. The number of carbonyl (C=O) groups is 3. The molecule has 1 aromatic heterocycles.